The molecule has 0 saturated carbocycles. The summed E-state index contributed by atoms with van der Waals surface area (Å²) in [6.45, 7) is 2.93. The predicted octanol–water partition coefficient (Wildman–Crippen LogP) is 2.49. The standard InChI is InChI=1S/C13H16BrN3O2S/c1-3-17-13(12(14)9-15-17)10-16(2)20(18,19)11-7-5-4-6-8-11/h4-9H,3,10H2,1-2H3. The molecule has 0 radical (unpaired) electrons. The number of benzene rings is 1. The molecular formula is C13H16BrN3O2S. The molecule has 7 heteroatoms. The Morgan fingerprint density at radius 3 is 2.55 bits per heavy atom. The van der Waals surface area contributed by atoms with Crippen molar-refractivity contribution >= 4 is 26.0 Å². The van der Waals surface area contributed by atoms with E-state index in [1.807, 2.05) is 6.92 Å². The second kappa shape index (κ2) is 6.07. The van der Waals surface area contributed by atoms with Crippen molar-refractivity contribution in [2.45, 2.75) is 24.9 Å². The Labute approximate surface area is 127 Å². The average molecular weight is 358 g/mol. The molecule has 20 heavy (non-hydrogen) atoms. The number of nitrogens with zero attached hydrogens (tertiary/aromatic N) is 3. The van der Waals surface area contributed by atoms with E-state index >= 15 is 0 Å². The first-order valence-electron chi connectivity index (χ1n) is 6.18. The molecule has 0 unspecified atom stereocenters. The van der Waals surface area contributed by atoms with Crippen LogP contribution >= 0.6 is 15.9 Å². The first-order valence-corrected chi connectivity index (χ1v) is 8.41. The van der Waals surface area contributed by atoms with Crippen molar-refractivity contribution < 1.29 is 8.42 Å². The first-order chi connectivity index (χ1) is 9.46. The van der Waals surface area contributed by atoms with Crippen LogP contribution in [0, 0.1) is 0 Å². The number of hydrogen-bond acceptors (Lipinski definition) is 3. The fourth-order valence-electron chi connectivity index (χ4n) is 1.89. The van der Waals surface area contributed by atoms with Crippen LogP contribution in [0.25, 0.3) is 0 Å². The third kappa shape index (κ3) is 2.94. The van der Waals surface area contributed by atoms with E-state index in [0.717, 1.165) is 10.2 Å². The second-order valence-electron chi connectivity index (χ2n) is 4.33. The lowest BCUT2D eigenvalue weighted by Gasteiger charge is -2.18. The van der Waals surface area contributed by atoms with Gasteiger partial charge in [0.1, 0.15) is 0 Å². The van der Waals surface area contributed by atoms with E-state index in [4.69, 9.17) is 0 Å². The van der Waals surface area contributed by atoms with Gasteiger partial charge in [-0.3, -0.25) is 4.68 Å². The van der Waals surface area contributed by atoms with Gasteiger partial charge in [-0.2, -0.15) is 9.40 Å². The van der Waals surface area contributed by atoms with Gasteiger partial charge >= 0.3 is 0 Å². The third-order valence-electron chi connectivity index (χ3n) is 3.02. The maximum absolute atomic E-state index is 12.5. The summed E-state index contributed by atoms with van der Waals surface area (Å²) in [5.74, 6) is 0. The fraction of sp³-hybridized carbons (Fsp3) is 0.308. The van der Waals surface area contributed by atoms with Gasteiger partial charge in [0.15, 0.2) is 0 Å². The van der Waals surface area contributed by atoms with Crippen molar-refractivity contribution in [3.8, 4) is 0 Å². The maximum Gasteiger partial charge on any atom is 0.243 e. The van der Waals surface area contributed by atoms with Crippen molar-refractivity contribution in [1.29, 1.82) is 0 Å². The smallest absolute Gasteiger partial charge is 0.243 e. The second-order valence-corrected chi connectivity index (χ2v) is 7.23. The van der Waals surface area contributed by atoms with Crippen molar-refractivity contribution in [3.05, 3.63) is 46.7 Å². The van der Waals surface area contributed by atoms with Crippen LogP contribution in [0.2, 0.25) is 0 Å². The average Bonchev–Trinajstić information content (AvgIpc) is 2.80. The van der Waals surface area contributed by atoms with E-state index in [-0.39, 0.29) is 6.54 Å². The topological polar surface area (TPSA) is 55.2 Å². The van der Waals surface area contributed by atoms with Crippen LogP contribution < -0.4 is 0 Å². The summed E-state index contributed by atoms with van der Waals surface area (Å²) in [6, 6.07) is 8.41. The van der Waals surface area contributed by atoms with Gasteiger partial charge in [-0.05, 0) is 35.0 Å². The van der Waals surface area contributed by atoms with Gasteiger partial charge in [-0.25, -0.2) is 8.42 Å². The molecule has 1 heterocycles. The van der Waals surface area contributed by atoms with E-state index in [1.54, 1.807) is 48.3 Å². The molecule has 0 bridgehead atoms. The van der Waals surface area contributed by atoms with Gasteiger partial charge in [0.25, 0.3) is 0 Å². The highest BCUT2D eigenvalue weighted by Gasteiger charge is 2.22. The summed E-state index contributed by atoms with van der Waals surface area (Å²) in [4.78, 5) is 0.293. The van der Waals surface area contributed by atoms with Gasteiger partial charge in [0.05, 0.1) is 27.8 Å². The number of sulfonamides is 1. The molecule has 0 atom stereocenters. The van der Waals surface area contributed by atoms with E-state index in [0.29, 0.717) is 11.4 Å². The van der Waals surface area contributed by atoms with Crippen molar-refractivity contribution in [1.82, 2.24) is 14.1 Å². The Morgan fingerprint density at radius 1 is 1.30 bits per heavy atom. The minimum absolute atomic E-state index is 0.269. The molecule has 0 fully saturated rings. The number of aromatic nitrogens is 2. The van der Waals surface area contributed by atoms with Crippen molar-refractivity contribution in [2.75, 3.05) is 7.05 Å². The molecule has 108 valence electrons. The number of aryl methyl sites for hydroxylation is 1. The van der Waals surface area contributed by atoms with Crippen LogP contribution in [-0.4, -0.2) is 29.6 Å². The molecule has 2 aromatic rings. The van der Waals surface area contributed by atoms with Crippen LogP contribution in [0.1, 0.15) is 12.6 Å². The predicted molar refractivity (Wildman–Crippen MR) is 80.7 cm³/mol. The summed E-state index contributed by atoms with van der Waals surface area (Å²) in [6.07, 6.45) is 1.68. The Balaban J connectivity index is 2.28. The Kier molecular flexibility index (Phi) is 4.62. The molecule has 0 N–H and O–H groups in total. The van der Waals surface area contributed by atoms with Gasteiger partial charge < -0.3 is 0 Å². The number of rotatable bonds is 5. The Hall–Kier alpha value is -1.18. The van der Waals surface area contributed by atoms with Crippen molar-refractivity contribution in [2.24, 2.45) is 0 Å². The van der Waals surface area contributed by atoms with Crippen molar-refractivity contribution in [3.63, 3.8) is 0 Å². The lowest BCUT2D eigenvalue weighted by molar-refractivity contribution is 0.446. The maximum atomic E-state index is 12.5. The quantitative estimate of drug-likeness (QED) is 0.825. The SMILES string of the molecule is CCn1ncc(Br)c1CN(C)S(=O)(=O)c1ccccc1. The first kappa shape index (κ1) is 15.2. The molecular weight excluding hydrogens is 342 g/mol. The van der Waals surface area contributed by atoms with Gasteiger partial charge in [-0.15, -0.1) is 0 Å². The highest BCUT2D eigenvalue weighted by Crippen LogP contribution is 2.21. The van der Waals surface area contributed by atoms with Crippen LogP contribution in [-0.2, 0) is 23.1 Å². The minimum atomic E-state index is -3.49. The third-order valence-corrected chi connectivity index (χ3v) is 5.50. The number of hydrogen-bond donors (Lipinski definition) is 0. The molecule has 0 aliphatic rings. The lowest BCUT2D eigenvalue weighted by Crippen LogP contribution is -2.27. The fourth-order valence-corrected chi connectivity index (χ4v) is 3.46. The number of halogens is 1. The highest BCUT2D eigenvalue weighted by atomic mass is 79.9. The molecule has 1 aromatic carbocycles. The van der Waals surface area contributed by atoms with Crippen LogP contribution in [0.15, 0.2) is 45.9 Å². The van der Waals surface area contributed by atoms with E-state index in [2.05, 4.69) is 21.0 Å². The zero-order valence-corrected chi connectivity index (χ0v) is 13.7. The summed E-state index contributed by atoms with van der Waals surface area (Å²) >= 11 is 3.40. The van der Waals surface area contributed by atoms with E-state index in [9.17, 15) is 8.42 Å². The molecule has 0 saturated heterocycles. The molecule has 0 aliphatic carbocycles. The van der Waals surface area contributed by atoms with Gasteiger partial charge in [-0.1, -0.05) is 18.2 Å². The monoisotopic (exact) mass is 357 g/mol. The normalized spacial score (nSPS) is 12.0. The van der Waals surface area contributed by atoms with Crippen LogP contribution in [0.4, 0.5) is 0 Å². The summed E-state index contributed by atoms with van der Waals surface area (Å²) in [7, 11) is -1.91. The summed E-state index contributed by atoms with van der Waals surface area (Å²) in [5, 5.41) is 4.19. The zero-order chi connectivity index (χ0) is 14.8. The molecule has 5 nitrogen and oxygen atoms in total. The summed E-state index contributed by atoms with van der Waals surface area (Å²) in [5.41, 5.74) is 0.842. The molecule has 2 rings (SSSR count). The van der Waals surface area contributed by atoms with Gasteiger partial charge in [0.2, 0.25) is 10.0 Å². The van der Waals surface area contributed by atoms with Gasteiger partial charge in [0, 0.05) is 13.6 Å². The molecule has 1 aromatic heterocycles. The molecule has 0 aliphatic heterocycles. The van der Waals surface area contributed by atoms with E-state index in [1.165, 1.54) is 4.31 Å². The molecule has 0 spiro atoms. The zero-order valence-electron chi connectivity index (χ0n) is 11.3. The Bertz CT molecular complexity index is 683. The van der Waals surface area contributed by atoms with Crippen LogP contribution in [0.5, 0.6) is 0 Å². The lowest BCUT2D eigenvalue weighted by atomic mass is 10.4. The molecule has 0 amide bonds. The largest absolute Gasteiger partial charge is 0.267 e. The minimum Gasteiger partial charge on any atom is -0.267 e. The van der Waals surface area contributed by atoms with Crippen LogP contribution in [0.3, 0.4) is 0 Å². The summed E-state index contributed by atoms with van der Waals surface area (Å²) < 4.78 is 28.8. The van der Waals surface area contributed by atoms with E-state index < -0.39 is 10.0 Å². The highest BCUT2D eigenvalue weighted by molar-refractivity contribution is 9.10. The Morgan fingerprint density at radius 2 is 1.95 bits per heavy atom.